The van der Waals surface area contributed by atoms with E-state index in [0.29, 0.717) is 6.42 Å². The predicted octanol–water partition coefficient (Wildman–Crippen LogP) is 3.25. The van der Waals surface area contributed by atoms with Crippen LogP contribution >= 0.6 is 12.2 Å². The fourth-order valence-electron chi connectivity index (χ4n) is 1.55. The van der Waals surface area contributed by atoms with Crippen molar-refractivity contribution in [1.82, 2.24) is 4.90 Å². The molecule has 1 rings (SSSR count). The highest BCUT2D eigenvalue weighted by Gasteiger charge is 1.99. The van der Waals surface area contributed by atoms with E-state index in [1.807, 2.05) is 31.3 Å². The van der Waals surface area contributed by atoms with E-state index in [1.165, 1.54) is 5.56 Å². The second-order valence-electron chi connectivity index (χ2n) is 3.97. The molecule has 0 saturated heterocycles. The molecule has 0 aromatic heterocycles. The predicted molar refractivity (Wildman–Crippen MR) is 72.9 cm³/mol. The van der Waals surface area contributed by atoms with Crippen molar-refractivity contribution < 1.29 is 4.39 Å². The van der Waals surface area contributed by atoms with E-state index in [1.54, 1.807) is 0 Å². The maximum Gasteiger partial charge on any atom is 0.0906 e. The van der Waals surface area contributed by atoms with Crippen LogP contribution in [0, 0.1) is 0 Å². The molecule has 0 bridgehead atoms. The fraction of sp³-hybridized carbons (Fsp3) is 0.462. The number of nitrogens with zero attached hydrogens (tertiary/aromatic N) is 2. The Bertz CT molecular complexity index is 372. The van der Waals surface area contributed by atoms with E-state index in [2.05, 4.69) is 27.3 Å². The summed E-state index contributed by atoms with van der Waals surface area (Å²) < 4.78 is 12.0. The Morgan fingerprint density at radius 3 is 2.59 bits per heavy atom. The molecule has 17 heavy (non-hydrogen) atoms. The van der Waals surface area contributed by atoms with Gasteiger partial charge < -0.3 is 4.90 Å². The number of halogens is 1. The van der Waals surface area contributed by atoms with Crippen molar-refractivity contribution in [3.05, 3.63) is 29.8 Å². The number of likely N-dealkylation sites (N-methyl/N-ethyl adjacent to an activating group) is 1. The van der Waals surface area contributed by atoms with Gasteiger partial charge in [-0.25, -0.2) is 0 Å². The Morgan fingerprint density at radius 2 is 2.00 bits per heavy atom. The maximum absolute atomic E-state index is 12.0. The van der Waals surface area contributed by atoms with Crippen LogP contribution in [0.3, 0.4) is 0 Å². The minimum absolute atomic E-state index is 0.241. The Kier molecular flexibility index (Phi) is 6.63. The van der Waals surface area contributed by atoms with Crippen LogP contribution in [0.25, 0.3) is 0 Å². The lowest BCUT2D eigenvalue weighted by Crippen LogP contribution is -2.22. The Hall–Kier alpha value is -1.09. The number of alkyl halides is 1. The lowest BCUT2D eigenvalue weighted by Gasteiger charge is -2.15. The highest BCUT2D eigenvalue weighted by Crippen LogP contribution is 2.12. The zero-order valence-electron chi connectivity index (χ0n) is 10.0. The Balaban J connectivity index is 2.38. The van der Waals surface area contributed by atoms with Crippen LogP contribution in [0.1, 0.15) is 12.0 Å². The van der Waals surface area contributed by atoms with Gasteiger partial charge in [0.1, 0.15) is 0 Å². The molecule has 0 aliphatic carbocycles. The van der Waals surface area contributed by atoms with Crippen LogP contribution < -0.4 is 0 Å². The molecule has 0 radical (unpaired) electrons. The quantitative estimate of drug-likeness (QED) is 0.547. The van der Waals surface area contributed by atoms with Crippen molar-refractivity contribution in [3.63, 3.8) is 0 Å². The second kappa shape index (κ2) is 8.07. The molecule has 1 aromatic carbocycles. The number of rotatable bonds is 7. The van der Waals surface area contributed by atoms with Crippen LogP contribution in [0.2, 0.25) is 0 Å². The van der Waals surface area contributed by atoms with Crippen molar-refractivity contribution in [2.45, 2.75) is 12.8 Å². The van der Waals surface area contributed by atoms with Gasteiger partial charge in [0.15, 0.2) is 0 Å². The smallest absolute Gasteiger partial charge is 0.0906 e. The molecule has 0 N–H and O–H groups in total. The van der Waals surface area contributed by atoms with E-state index in [4.69, 9.17) is 0 Å². The van der Waals surface area contributed by atoms with Gasteiger partial charge in [-0.15, -0.1) is 0 Å². The van der Waals surface area contributed by atoms with Gasteiger partial charge in [0.2, 0.25) is 0 Å². The van der Waals surface area contributed by atoms with Gasteiger partial charge in [-0.1, -0.05) is 12.1 Å². The first-order valence-electron chi connectivity index (χ1n) is 5.67. The van der Waals surface area contributed by atoms with E-state index >= 15 is 0 Å². The standard InChI is InChI=1S/C13H17FN2S/c1-16(9-2-8-14)10-7-12-3-5-13(6-4-12)15-11-17/h3-6H,2,7-10H2,1H3. The summed E-state index contributed by atoms with van der Waals surface area (Å²) in [6.45, 7) is 1.51. The molecule has 0 aliphatic rings. The van der Waals surface area contributed by atoms with Crippen LogP contribution in [-0.4, -0.2) is 36.9 Å². The SMILES string of the molecule is CN(CCCF)CCc1ccc(N=C=S)cc1. The van der Waals surface area contributed by atoms with Crippen molar-refractivity contribution in [1.29, 1.82) is 0 Å². The summed E-state index contributed by atoms with van der Waals surface area (Å²) in [7, 11) is 2.01. The Labute approximate surface area is 107 Å². The van der Waals surface area contributed by atoms with E-state index in [-0.39, 0.29) is 6.67 Å². The van der Waals surface area contributed by atoms with Gasteiger partial charge in [-0.2, -0.15) is 4.99 Å². The Morgan fingerprint density at radius 1 is 1.29 bits per heavy atom. The first kappa shape index (κ1) is 14.0. The van der Waals surface area contributed by atoms with Gasteiger partial charge in [0.25, 0.3) is 0 Å². The van der Waals surface area contributed by atoms with Crippen molar-refractivity contribution in [2.24, 2.45) is 4.99 Å². The molecule has 1 aromatic rings. The molecule has 0 heterocycles. The summed E-state index contributed by atoms with van der Waals surface area (Å²) in [6.07, 6.45) is 1.57. The zero-order chi connectivity index (χ0) is 12.5. The minimum Gasteiger partial charge on any atom is -0.306 e. The molecule has 92 valence electrons. The monoisotopic (exact) mass is 252 g/mol. The third-order valence-electron chi connectivity index (χ3n) is 2.57. The molecular weight excluding hydrogens is 235 g/mol. The van der Waals surface area contributed by atoms with Crippen molar-refractivity contribution in [3.8, 4) is 0 Å². The van der Waals surface area contributed by atoms with E-state index < -0.39 is 0 Å². The van der Waals surface area contributed by atoms with Crippen molar-refractivity contribution in [2.75, 3.05) is 26.8 Å². The summed E-state index contributed by atoms with van der Waals surface area (Å²) in [6, 6.07) is 7.93. The van der Waals surface area contributed by atoms with Crippen molar-refractivity contribution >= 4 is 23.1 Å². The molecule has 4 heteroatoms. The molecule has 0 saturated carbocycles. The first-order chi connectivity index (χ1) is 8.26. The van der Waals surface area contributed by atoms with Gasteiger partial charge in [0, 0.05) is 13.1 Å². The first-order valence-corrected chi connectivity index (χ1v) is 6.08. The van der Waals surface area contributed by atoms with Gasteiger partial charge >= 0.3 is 0 Å². The summed E-state index contributed by atoms with van der Waals surface area (Å²) in [5.41, 5.74) is 2.08. The lowest BCUT2D eigenvalue weighted by molar-refractivity contribution is 0.312. The van der Waals surface area contributed by atoms with Gasteiger partial charge in [-0.3, -0.25) is 4.39 Å². The number of hydrogen-bond donors (Lipinski definition) is 0. The average Bonchev–Trinajstić information content (AvgIpc) is 2.36. The highest BCUT2D eigenvalue weighted by molar-refractivity contribution is 7.78. The summed E-state index contributed by atoms with van der Waals surface area (Å²) in [5, 5.41) is 2.34. The minimum atomic E-state index is -0.241. The van der Waals surface area contributed by atoms with Crippen LogP contribution in [-0.2, 0) is 6.42 Å². The molecule has 0 aliphatic heterocycles. The second-order valence-corrected chi connectivity index (χ2v) is 4.15. The molecule has 0 fully saturated rings. The summed E-state index contributed by atoms with van der Waals surface area (Å²) in [5.74, 6) is 0. The molecule has 0 spiro atoms. The zero-order valence-corrected chi connectivity index (χ0v) is 10.8. The summed E-state index contributed by atoms with van der Waals surface area (Å²) >= 11 is 4.54. The average molecular weight is 252 g/mol. The molecular formula is C13H17FN2S. The highest BCUT2D eigenvalue weighted by atomic mass is 32.1. The number of aliphatic imine (C=N–C) groups is 1. The fourth-order valence-corrected chi connectivity index (χ4v) is 1.66. The largest absolute Gasteiger partial charge is 0.306 e. The maximum atomic E-state index is 12.0. The molecule has 0 amide bonds. The normalized spacial score (nSPS) is 10.3. The number of benzene rings is 1. The van der Waals surface area contributed by atoms with E-state index in [0.717, 1.165) is 25.2 Å². The topological polar surface area (TPSA) is 15.6 Å². The number of hydrogen-bond acceptors (Lipinski definition) is 3. The lowest BCUT2D eigenvalue weighted by atomic mass is 10.1. The molecule has 2 nitrogen and oxygen atoms in total. The van der Waals surface area contributed by atoms with Gasteiger partial charge in [0.05, 0.1) is 17.5 Å². The van der Waals surface area contributed by atoms with Crippen LogP contribution in [0.4, 0.5) is 10.1 Å². The third-order valence-corrected chi connectivity index (χ3v) is 2.66. The summed E-state index contributed by atoms with van der Waals surface area (Å²) in [4.78, 5) is 6.04. The van der Waals surface area contributed by atoms with E-state index in [9.17, 15) is 4.39 Å². The number of isothiocyanates is 1. The molecule has 0 atom stereocenters. The van der Waals surface area contributed by atoms with Crippen LogP contribution in [0.5, 0.6) is 0 Å². The van der Waals surface area contributed by atoms with Gasteiger partial charge in [-0.05, 0) is 49.8 Å². The third kappa shape index (κ3) is 5.68. The molecule has 0 unspecified atom stereocenters. The number of thiocarbonyl (C=S) groups is 1. The van der Waals surface area contributed by atoms with Crippen LogP contribution in [0.15, 0.2) is 29.3 Å².